The van der Waals surface area contributed by atoms with Crippen LogP contribution in [0.25, 0.3) is 0 Å². The molecule has 0 amide bonds. The second kappa shape index (κ2) is 9.55. The number of para-hydroxylation sites is 2. The Labute approximate surface area is 186 Å². The maximum Gasteiger partial charge on any atom is 0.193 e. The van der Waals surface area contributed by atoms with Crippen LogP contribution in [0, 0.1) is 11.3 Å². The number of likely N-dealkylation sites (tertiary alicyclic amines) is 1. The van der Waals surface area contributed by atoms with Crippen LogP contribution in [0.3, 0.4) is 0 Å². The fourth-order valence-corrected chi connectivity index (χ4v) is 5.33. The molecule has 2 aliphatic heterocycles. The van der Waals surface area contributed by atoms with Crippen molar-refractivity contribution in [2.24, 2.45) is 16.3 Å². The Morgan fingerprint density at radius 2 is 2.00 bits per heavy atom. The number of ether oxygens (including phenoxy) is 1. The van der Waals surface area contributed by atoms with Gasteiger partial charge in [0.05, 0.1) is 12.8 Å². The van der Waals surface area contributed by atoms with E-state index in [4.69, 9.17) is 4.74 Å². The molecule has 1 aromatic carbocycles. The quantitative estimate of drug-likeness (QED) is 0.388. The molecule has 28 heavy (non-hydrogen) atoms. The largest absolute Gasteiger partial charge is 0.495 e. The number of hydrogen-bond acceptors (Lipinski definition) is 3. The van der Waals surface area contributed by atoms with Crippen molar-refractivity contribution in [3.8, 4) is 5.75 Å². The van der Waals surface area contributed by atoms with Gasteiger partial charge < -0.3 is 19.9 Å². The van der Waals surface area contributed by atoms with Crippen LogP contribution >= 0.6 is 24.0 Å². The van der Waals surface area contributed by atoms with Crippen LogP contribution in [0.5, 0.6) is 5.75 Å². The summed E-state index contributed by atoms with van der Waals surface area (Å²) in [5.41, 5.74) is 1.81. The van der Waals surface area contributed by atoms with E-state index in [9.17, 15) is 0 Å². The summed E-state index contributed by atoms with van der Waals surface area (Å²) in [7, 11) is 3.68. The molecule has 0 aromatic heterocycles. The van der Waals surface area contributed by atoms with Gasteiger partial charge in [0.25, 0.3) is 0 Å². The molecule has 1 aromatic rings. The predicted octanol–water partition coefficient (Wildman–Crippen LogP) is 3.98. The Kier molecular flexibility index (Phi) is 7.34. The lowest BCUT2D eigenvalue weighted by Crippen LogP contribution is -2.43. The molecule has 1 spiro atoms. The van der Waals surface area contributed by atoms with Crippen LogP contribution in [0.15, 0.2) is 29.3 Å². The first-order valence-corrected chi connectivity index (χ1v) is 10.6. The lowest BCUT2D eigenvalue weighted by molar-refractivity contribution is 0.309. The number of rotatable bonds is 4. The fraction of sp³-hybridized carbons (Fsp3) is 0.682. The van der Waals surface area contributed by atoms with Crippen molar-refractivity contribution < 1.29 is 4.74 Å². The molecule has 3 aliphatic rings. The van der Waals surface area contributed by atoms with Gasteiger partial charge in [0, 0.05) is 39.8 Å². The number of methoxy groups -OCH3 is 1. The maximum atomic E-state index is 5.54. The first kappa shape index (κ1) is 21.5. The number of aliphatic imine (C=N–C) groups is 1. The molecule has 0 radical (unpaired) electrons. The number of guanidine groups is 1. The van der Waals surface area contributed by atoms with Gasteiger partial charge in [0.2, 0.25) is 0 Å². The number of nitrogens with one attached hydrogen (secondary N) is 1. The molecule has 1 atom stereocenters. The Hall–Kier alpha value is -1.18. The highest BCUT2D eigenvalue weighted by atomic mass is 127. The minimum absolute atomic E-state index is 0. The number of nitrogens with zero attached hydrogens (tertiary/aromatic N) is 3. The molecule has 1 aliphatic carbocycles. The summed E-state index contributed by atoms with van der Waals surface area (Å²) in [5, 5.41) is 3.68. The van der Waals surface area contributed by atoms with E-state index in [0.717, 1.165) is 37.9 Å². The maximum absolute atomic E-state index is 5.54. The molecule has 0 bridgehead atoms. The smallest absolute Gasteiger partial charge is 0.193 e. The van der Waals surface area contributed by atoms with Crippen molar-refractivity contribution in [2.75, 3.05) is 51.8 Å². The van der Waals surface area contributed by atoms with Crippen molar-refractivity contribution in [2.45, 2.75) is 38.5 Å². The van der Waals surface area contributed by atoms with E-state index in [2.05, 4.69) is 38.3 Å². The molecule has 3 fully saturated rings. The molecule has 5 nitrogen and oxygen atoms in total. The van der Waals surface area contributed by atoms with E-state index in [1.165, 1.54) is 50.8 Å². The highest BCUT2D eigenvalue weighted by Crippen LogP contribution is 2.45. The third-order valence-electron chi connectivity index (χ3n) is 6.87. The number of halogens is 1. The summed E-state index contributed by atoms with van der Waals surface area (Å²) in [6.45, 7) is 5.54. The predicted molar refractivity (Wildman–Crippen MR) is 127 cm³/mol. The van der Waals surface area contributed by atoms with Crippen LogP contribution in [0.2, 0.25) is 0 Å². The summed E-state index contributed by atoms with van der Waals surface area (Å²) in [5.74, 6) is 2.73. The molecule has 4 rings (SSSR count). The van der Waals surface area contributed by atoms with Gasteiger partial charge in [-0.1, -0.05) is 25.0 Å². The number of hydrogen-bond donors (Lipinski definition) is 1. The lowest BCUT2D eigenvalue weighted by atomic mass is 9.86. The van der Waals surface area contributed by atoms with E-state index in [1.54, 1.807) is 7.11 Å². The van der Waals surface area contributed by atoms with Gasteiger partial charge in [-0.3, -0.25) is 4.99 Å². The Bertz CT molecular complexity index is 674. The van der Waals surface area contributed by atoms with Gasteiger partial charge in [-0.15, -0.1) is 24.0 Å². The SMILES string of the molecule is CN=C(NCC1CCN(c2ccccc2OC)C1)N1CCC2(CCCC2)C1.I. The zero-order chi connectivity index (χ0) is 18.7. The summed E-state index contributed by atoms with van der Waals surface area (Å²) < 4.78 is 5.54. The summed E-state index contributed by atoms with van der Waals surface area (Å²) in [4.78, 5) is 9.54. The van der Waals surface area contributed by atoms with Crippen LogP contribution in [0.1, 0.15) is 38.5 Å². The molecule has 156 valence electrons. The average Bonchev–Trinajstić information content (AvgIpc) is 3.45. The van der Waals surface area contributed by atoms with Crippen LogP contribution < -0.4 is 15.0 Å². The highest BCUT2D eigenvalue weighted by molar-refractivity contribution is 14.0. The Balaban J connectivity index is 0.00000225. The summed E-state index contributed by atoms with van der Waals surface area (Å²) in [6.07, 6.45) is 8.22. The summed E-state index contributed by atoms with van der Waals surface area (Å²) in [6, 6.07) is 8.35. The number of anilines is 1. The number of benzene rings is 1. The third kappa shape index (κ3) is 4.52. The van der Waals surface area contributed by atoms with E-state index in [0.29, 0.717) is 11.3 Å². The standard InChI is InChI=1S/C22H34N4O.HI/c1-23-21(26-14-12-22(17-26)10-5-6-11-22)24-15-18-9-13-25(16-18)19-7-3-4-8-20(19)27-2;/h3-4,7-8,18H,5-6,9-17H2,1-2H3,(H,23,24);1H. The average molecular weight is 498 g/mol. The zero-order valence-electron chi connectivity index (χ0n) is 17.3. The molecular weight excluding hydrogens is 463 g/mol. The Morgan fingerprint density at radius 3 is 2.75 bits per heavy atom. The molecule has 1 saturated carbocycles. The van der Waals surface area contributed by atoms with Gasteiger partial charge in [0.1, 0.15) is 5.75 Å². The third-order valence-corrected chi connectivity index (χ3v) is 6.87. The van der Waals surface area contributed by atoms with E-state index in [-0.39, 0.29) is 24.0 Å². The van der Waals surface area contributed by atoms with Crippen LogP contribution in [0.4, 0.5) is 5.69 Å². The Morgan fingerprint density at radius 1 is 1.21 bits per heavy atom. The first-order valence-electron chi connectivity index (χ1n) is 10.6. The van der Waals surface area contributed by atoms with Crippen LogP contribution in [-0.4, -0.2) is 57.7 Å². The molecule has 1 N–H and O–H groups in total. The van der Waals surface area contributed by atoms with Crippen LogP contribution in [-0.2, 0) is 0 Å². The highest BCUT2D eigenvalue weighted by Gasteiger charge is 2.41. The molecule has 2 heterocycles. The van der Waals surface area contributed by atoms with Gasteiger partial charge >= 0.3 is 0 Å². The van der Waals surface area contributed by atoms with E-state index in [1.807, 2.05) is 13.1 Å². The fourth-order valence-electron chi connectivity index (χ4n) is 5.33. The topological polar surface area (TPSA) is 40.1 Å². The first-order chi connectivity index (χ1) is 13.2. The second-order valence-corrected chi connectivity index (χ2v) is 8.58. The second-order valence-electron chi connectivity index (χ2n) is 8.58. The monoisotopic (exact) mass is 498 g/mol. The summed E-state index contributed by atoms with van der Waals surface area (Å²) >= 11 is 0. The van der Waals surface area contributed by atoms with Gasteiger partial charge in [-0.05, 0) is 49.1 Å². The van der Waals surface area contributed by atoms with Crippen molar-refractivity contribution in [1.82, 2.24) is 10.2 Å². The van der Waals surface area contributed by atoms with Gasteiger partial charge in [-0.2, -0.15) is 0 Å². The van der Waals surface area contributed by atoms with Crippen molar-refractivity contribution >= 4 is 35.6 Å². The molecule has 2 saturated heterocycles. The normalized spacial score (nSPS) is 23.9. The van der Waals surface area contributed by atoms with Gasteiger partial charge in [-0.25, -0.2) is 0 Å². The zero-order valence-corrected chi connectivity index (χ0v) is 19.7. The van der Waals surface area contributed by atoms with Gasteiger partial charge in [0.15, 0.2) is 5.96 Å². The molecular formula is C22H35IN4O. The van der Waals surface area contributed by atoms with Crippen molar-refractivity contribution in [3.05, 3.63) is 24.3 Å². The lowest BCUT2D eigenvalue weighted by Gasteiger charge is -2.26. The van der Waals surface area contributed by atoms with Crippen molar-refractivity contribution in [3.63, 3.8) is 0 Å². The van der Waals surface area contributed by atoms with E-state index >= 15 is 0 Å². The minimum atomic E-state index is 0. The molecule has 6 heteroatoms. The van der Waals surface area contributed by atoms with E-state index < -0.39 is 0 Å². The molecule has 1 unspecified atom stereocenters. The van der Waals surface area contributed by atoms with Crippen molar-refractivity contribution in [1.29, 1.82) is 0 Å². The minimum Gasteiger partial charge on any atom is -0.495 e.